The molecule has 0 aliphatic rings. The van der Waals surface area contributed by atoms with Crippen molar-refractivity contribution in [2.75, 3.05) is 0 Å². The Hall–Kier alpha value is -2.69. The summed E-state index contributed by atoms with van der Waals surface area (Å²) in [5, 5.41) is 13.0. The van der Waals surface area contributed by atoms with Crippen LogP contribution in [0.4, 0.5) is 4.39 Å². The number of hydrogen-bond donors (Lipinski definition) is 0. The zero-order valence-corrected chi connectivity index (χ0v) is 12.9. The normalized spacial score (nSPS) is 12.0. The van der Waals surface area contributed by atoms with E-state index >= 15 is 0 Å². The second kappa shape index (κ2) is 6.20. The summed E-state index contributed by atoms with van der Waals surface area (Å²) < 4.78 is 13.7. The van der Waals surface area contributed by atoms with E-state index in [0.717, 1.165) is 0 Å². The standard InChI is InChI=1S/C16H11ClFN5/c1-9(21-23-19)13-8-14(17)12-5-6-20-22-16(12)15(13)10-3-2-4-11(18)7-10/h2-9H,1H3. The zero-order chi connectivity index (χ0) is 16.4. The van der Waals surface area contributed by atoms with Crippen LogP contribution in [0.3, 0.4) is 0 Å². The third kappa shape index (κ3) is 2.82. The highest BCUT2D eigenvalue weighted by molar-refractivity contribution is 6.36. The minimum atomic E-state index is -0.484. The lowest BCUT2D eigenvalue weighted by atomic mass is 9.93. The zero-order valence-electron chi connectivity index (χ0n) is 12.1. The van der Waals surface area contributed by atoms with Crippen LogP contribution < -0.4 is 0 Å². The van der Waals surface area contributed by atoms with Crippen molar-refractivity contribution in [3.05, 3.63) is 69.4 Å². The molecule has 1 atom stereocenters. The molecule has 0 saturated carbocycles. The summed E-state index contributed by atoms with van der Waals surface area (Å²) in [6, 6.07) is 9.15. The maximum atomic E-state index is 13.7. The van der Waals surface area contributed by atoms with Gasteiger partial charge in [-0.05, 0) is 40.9 Å². The summed E-state index contributed by atoms with van der Waals surface area (Å²) in [7, 11) is 0. The number of rotatable bonds is 3. The fourth-order valence-corrected chi connectivity index (χ4v) is 2.82. The minimum Gasteiger partial charge on any atom is -0.207 e. The van der Waals surface area contributed by atoms with E-state index in [4.69, 9.17) is 17.1 Å². The molecule has 3 aromatic rings. The summed E-state index contributed by atoms with van der Waals surface area (Å²) in [5.74, 6) is -0.364. The molecule has 0 fully saturated rings. The highest BCUT2D eigenvalue weighted by Crippen LogP contribution is 2.39. The van der Waals surface area contributed by atoms with Crippen LogP contribution in [0.1, 0.15) is 18.5 Å². The highest BCUT2D eigenvalue weighted by Gasteiger charge is 2.18. The van der Waals surface area contributed by atoms with Gasteiger partial charge in [0.15, 0.2) is 0 Å². The second-order valence-electron chi connectivity index (χ2n) is 5.01. The van der Waals surface area contributed by atoms with Crippen molar-refractivity contribution in [2.45, 2.75) is 13.0 Å². The number of halogens is 2. The molecule has 0 N–H and O–H groups in total. The minimum absolute atomic E-state index is 0.364. The van der Waals surface area contributed by atoms with Gasteiger partial charge < -0.3 is 0 Å². The van der Waals surface area contributed by atoms with Gasteiger partial charge in [-0.15, -0.1) is 5.10 Å². The van der Waals surface area contributed by atoms with Crippen molar-refractivity contribution in [2.24, 2.45) is 5.11 Å². The van der Waals surface area contributed by atoms with Crippen LogP contribution in [0.2, 0.25) is 5.02 Å². The lowest BCUT2D eigenvalue weighted by Crippen LogP contribution is -1.98. The first kappa shape index (κ1) is 15.2. The van der Waals surface area contributed by atoms with Gasteiger partial charge in [0.1, 0.15) is 11.3 Å². The van der Waals surface area contributed by atoms with Crippen LogP contribution >= 0.6 is 11.6 Å². The number of aromatic nitrogens is 2. The molecule has 0 saturated heterocycles. The van der Waals surface area contributed by atoms with Gasteiger partial charge in [0, 0.05) is 15.9 Å². The van der Waals surface area contributed by atoms with Crippen molar-refractivity contribution in [3.8, 4) is 11.1 Å². The molecule has 0 bridgehead atoms. The first-order chi connectivity index (χ1) is 11.1. The molecule has 0 radical (unpaired) electrons. The quantitative estimate of drug-likeness (QED) is 0.364. The average molecular weight is 328 g/mol. The molecule has 1 heterocycles. The van der Waals surface area contributed by atoms with Crippen molar-refractivity contribution in [1.82, 2.24) is 10.2 Å². The van der Waals surface area contributed by atoms with E-state index in [1.54, 1.807) is 37.4 Å². The summed E-state index contributed by atoms with van der Waals surface area (Å²) in [4.78, 5) is 2.85. The molecule has 114 valence electrons. The van der Waals surface area contributed by atoms with Gasteiger partial charge in [-0.25, -0.2) is 4.39 Å². The summed E-state index contributed by atoms with van der Waals surface area (Å²) in [6.45, 7) is 1.75. The molecule has 0 aliphatic carbocycles. The Morgan fingerprint density at radius 2 is 2.13 bits per heavy atom. The number of benzene rings is 2. The largest absolute Gasteiger partial charge is 0.207 e. The van der Waals surface area contributed by atoms with Crippen LogP contribution in [0, 0.1) is 5.82 Å². The topological polar surface area (TPSA) is 74.5 Å². The molecule has 5 nitrogen and oxygen atoms in total. The first-order valence-corrected chi connectivity index (χ1v) is 7.23. The number of azide groups is 1. The van der Waals surface area contributed by atoms with E-state index in [0.29, 0.717) is 32.6 Å². The predicted octanol–water partition coefficient (Wildman–Crippen LogP) is 5.46. The molecule has 0 spiro atoms. The average Bonchev–Trinajstić information content (AvgIpc) is 2.55. The molecule has 0 amide bonds. The lowest BCUT2D eigenvalue weighted by molar-refractivity contribution is 0.628. The van der Waals surface area contributed by atoms with Crippen LogP contribution in [-0.2, 0) is 0 Å². The van der Waals surface area contributed by atoms with Crippen molar-refractivity contribution < 1.29 is 4.39 Å². The van der Waals surface area contributed by atoms with Gasteiger partial charge >= 0.3 is 0 Å². The Labute approximate surface area is 136 Å². The van der Waals surface area contributed by atoms with Crippen molar-refractivity contribution in [1.29, 1.82) is 0 Å². The molecule has 3 rings (SSSR count). The molecule has 2 aromatic carbocycles. The van der Waals surface area contributed by atoms with Gasteiger partial charge in [0.05, 0.1) is 17.3 Å². The number of fused-ring (bicyclic) bond motifs is 1. The summed E-state index contributed by atoms with van der Waals surface area (Å²) >= 11 is 6.32. The Morgan fingerprint density at radius 1 is 1.30 bits per heavy atom. The van der Waals surface area contributed by atoms with E-state index in [9.17, 15) is 4.39 Å². The molecule has 1 aromatic heterocycles. The maximum Gasteiger partial charge on any atom is 0.123 e. The Morgan fingerprint density at radius 3 is 2.87 bits per heavy atom. The van der Waals surface area contributed by atoms with Crippen LogP contribution in [0.15, 0.2) is 47.7 Å². The van der Waals surface area contributed by atoms with Crippen LogP contribution in [-0.4, -0.2) is 10.2 Å². The highest BCUT2D eigenvalue weighted by atomic mass is 35.5. The van der Waals surface area contributed by atoms with Crippen LogP contribution in [0.5, 0.6) is 0 Å². The van der Waals surface area contributed by atoms with Crippen molar-refractivity contribution in [3.63, 3.8) is 0 Å². The Bertz CT molecular complexity index is 937. The Kier molecular flexibility index (Phi) is 4.10. The Balaban J connectivity index is 2.42. The van der Waals surface area contributed by atoms with Crippen molar-refractivity contribution >= 4 is 22.5 Å². The van der Waals surface area contributed by atoms with E-state index in [-0.39, 0.29) is 5.82 Å². The van der Waals surface area contributed by atoms with Gasteiger partial charge in [-0.2, -0.15) is 5.10 Å². The van der Waals surface area contributed by atoms with Gasteiger partial charge in [0.2, 0.25) is 0 Å². The molecular formula is C16H11ClFN5. The van der Waals surface area contributed by atoms with Gasteiger partial charge in [-0.1, -0.05) is 35.8 Å². The SMILES string of the molecule is CC(N=[N+]=[N-])c1cc(Cl)c2ccnnc2c1-c1cccc(F)c1. The van der Waals surface area contributed by atoms with Gasteiger partial charge in [0.25, 0.3) is 0 Å². The molecule has 7 heteroatoms. The van der Waals surface area contributed by atoms with E-state index in [1.807, 2.05) is 0 Å². The number of nitrogens with zero attached hydrogens (tertiary/aromatic N) is 5. The monoisotopic (exact) mass is 327 g/mol. The molecule has 23 heavy (non-hydrogen) atoms. The lowest BCUT2D eigenvalue weighted by Gasteiger charge is -2.16. The molecule has 1 unspecified atom stereocenters. The fraction of sp³-hybridized carbons (Fsp3) is 0.125. The second-order valence-corrected chi connectivity index (χ2v) is 5.41. The summed E-state index contributed by atoms with van der Waals surface area (Å²) in [6.07, 6.45) is 1.54. The van der Waals surface area contributed by atoms with E-state index in [1.165, 1.54) is 12.1 Å². The molecular weight excluding hydrogens is 317 g/mol. The molecule has 0 aliphatic heterocycles. The fourth-order valence-electron chi connectivity index (χ4n) is 2.55. The van der Waals surface area contributed by atoms with E-state index < -0.39 is 6.04 Å². The van der Waals surface area contributed by atoms with E-state index in [2.05, 4.69) is 20.2 Å². The number of hydrogen-bond acceptors (Lipinski definition) is 3. The maximum absolute atomic E-state index is 13.7. The van der Waals surface area contributed by atoms with Crippen LogP contribution in [0.25, 0.3) is 32.5 Å². The van der Waals surface area contributed by atoms with Gasteiger partial charge in [-0.3, -0.25) is 0 Å². The third-order valence-corrected chi connectivity index (χ3v) is 3.89. The predicted molar refractivity (Wildman–Crippen MR) is 87.5 cm³/mol. The first-order valence-electron chi connectivity index (χ1n) is 6.85. The third-order valence-electron chi connectivity index (χ3n) is 3.57. The smallest absolute Gasteiger partial charge is 0.123 e. The summed E-state index contributed by atoms with van der Waals surface area (Å²) in [5.41, 5.74) is 11.2.